The molecule has 0 aromatic carbocycles. The summed E-state index contributed by atoms with van der Waals surface area (Å²) in [5, 5.41) is 0. The lowest BCUT2D eigenvalue weighted by Gasteiger charge is -1.91. The Morgan fingerprint density at radius 1 is 1.25 bits per heavy atom. The lowest BCUT2D eigenvalue weighted by Crippen LogP contribution is -2.08. The van der Waals surface area contributed by atoms with Gasteiger partial charge in [-0.2, -0.15) is 0 Å². The minimum absolute atomic E-state index is 0.225. The molecule has 0 unspecified atom stereocenters. The molecule has 1 amide bonds. The standard InChI is InChI=1S/C10H18NO/c1-2-3-4-5-6-7-8-9-10(11)12/h6-7H,1-5,8-9H2,(H2,11,12). The van der Waals surface area contributed by atoms with Crippen molar-refractivity contribution >= 4 is 5.91 Å². The molecule has 0 rings (SSSR count). The van der Waals surface area contributed by atoms with Crippen LogP contribution in [0.5, 0.6) is 0 Å². The monoisotopic (exact) mass is 168 g/mol. The number of unbranched alkanes of at least 4 members (excludes halogenated alkanes) is 3. The second-order valence-corrected chi connectivity index (χ2v) is 2.83. The van der Waals surface area contributed by atoms with E-state index in [9.17, 15) is 4.79 Å². The highest BCUT2D eigenvalue weighted by Gasteiger charge is 1.88. The van der Waals surface area contributed by atoms with Gasteiger partial charge in [-0.15, -0.1) is 0 Å². The van der Waals surface area contributed by atoms with Gasteiger partial charge in [0, 0.05) is 6.42 Å². The zero-order valence-corrected chi connectivity index (χ0v) is 7.59. The molecule has 2 nitrogen and oxygen atoms in total. The predicted molar refractivity (Wildman–Crippen MR) is 51.4 cm³/mol. The van der Waals surface area contributed by atoms with Gasteiger partial charge in [-0.3, -0.25) is 4.79 Å². The number of carbonyl (C=O) groups is 1. The van der Waals surface area contributed by atoms with Crippen LogP contribution in [-0.2, 0) is 4.79 Å². The Labute approximate surface area is 74.8 Å². The van der Waals surface area contributed by atoms with Crippen molar-refractivity contribution in [2.24, 2.45) is 5.73 Å². The predicted octanol–water partition coefficient (Wildman–Crippen LogP) is 2.20. The van der Waals surface area contributed by atoms with Crippen molar-refractivity contribution in [1.29, 1.82) is 0 Å². The summed E-state index contributed by atoms with van der Waals surface area (Å²) in [6.45, 7) is 3.76. The van der Waals surface area contributed by atoms with Gasteiger partial charge in [0.25, 0.3) is 0 Å². The summed E-state index contributed by atoms with van der Waals surface area (Å²) >= 11 is 0. The number of hydrogen-bond donors (Lipinski definition) is 1. The Bertz CT molecular complexity index is 141. The average molecular weight is 168 g/mol. The SMILES string of the molecule is [CH2]CCCCC=CCCC(N)=O. The largest absolute Gasteiger partial charge is 0.370 e. The fraction of sp³-hybridized carbons (Fsp3) is 0.600. The van der Waals surface area contributed by atoms with E-state index in [1.807, 2.05) is 6.08 Å². The van der Waals surface area contributed by atoms with E-state index in [2.05, 4.69) is 13.0 Å². The molecule has 69 valence electrons. The van der Waals surface area contributed by atoms with Gasteiger partial charge in [0.15, 0.2) is 0 Å². The summed E-state index contributed by atoms with van der Waals surface area (Å²) < 4.78 is 0. The molecule has 2 heteroatoms. The van der Waals surface area contributed by atoms with Gasteiger partial charge < -0.3 is 5.73 Å². The minimum atomic E-state index is -0.225. The molecule has 0 atom stereocenters. The van der Waals surface area contributed by atoms with E-state index < -0.39 is 0 Å². The van der Waals surface area contributed by atoms with Crippen LogP contribution < -0.4 is 5.73 Å². The van der Waals surface area contributed by atoms with E-state index >= 15 is 0 Å². The Morgan fingerprint density at radius 3 is 2.50 bits per heavy atom. The third-order valence-electron chi connectivity index (χ3n) is 1.59. The molecule has 0 aromatic heterocycles. The molecule has 12 heavy (non-hydrogen) atoms. The minimum Gasteiger partial charge on any atom is -0.370 e. The van der Waals surface area contributed by atoms with E-state index in [4.69, 9.17) is 5.73 Å². The molecule has 0 aliphatic rings. The van der Waals surface area contributed by atoms with Crippen LogP contribution in [0.15, 0.2) is 12.2 Å². The molecule has 1 radical (unpaired) electrons. The molecular formula is C10H18NO. The van der Waals surface area contributed by atoms with Crippen molar-refractivity contribution in [3.05, 3.63) is 19.1 Å². The van der Waals surface area contributed by atoms with Crippen LogP contribution in [-0.4, -0.2) is 5.91 Å². The number of primary amides is 1. The van der Waals surface area contributed by atoms with E-state index in [0.29, 0.717) is 6.42 Å². The highest BCUT2D eigenvalue weighted by atomic mass is 16.1. The number of amides is 1. The maximum atomic E-state index is 10.3. The Morgan fingerprint density at radius 2 is 1.92 bits per heavy atom. The number of allylic oxidation sites excluding steroid dienone is 2. The summed E-state index contributed by atoms with van der Waals surface area (Å²) in [4.78, 5) is 10.3. The topological polar surface area (TPSA) is 43.1 Å². The van der Waals surface area contributed by atoms with E-state index in [1.165, 1.54) is 12.8 Å². The molecule has 0 aliphatic carbocycles. The second kappa shape index (κ2) is 8.31. The van der Waals surface area contributed by atoms with Crippen LogP contribution in [0.2, 0.25) is 0 Å². The summed E-state index contributed by atoms with van der Waals surface area (Å²) in [6.07, 6.45) is 9.85. The Kier molecular flexibility index (Phi) is 7.76. The highest BCUT2D eigenvalue weighted by molar-refractivity contribution is 5.73. The lowest BCUT2D eigenvalue weighted by atomic mass is 10.2. The van der Waals surface area contributed by atoms with Gasteiger partial charge in [-0.1, -0.05) is 31.9 Å². The maximum Gasteiger partial charge on any atom is 0.217 e. The molecule has 0 heterocycles. The van der Waals surface area contributed by atoms with Crippen molar-refractivity contribution in [2.45, 2.75) is 38.5 Å². The fourth-order valence-electron chi connectivity index (χ4n) is 0.900. The van der Waals surface area contributed by atoms with Crippen LogP contribution in [0.1, 0.15) is 38.5 Å². The van der Waals surface area contributed by atoms with Gasteiger partial charge in [0.2, 0.25) is 5.91 Å². The lowest BCUT2D eigenvalue weighted by molar-refractivity contribution is -0.117. The van der Waals surface area contributed by atoms with E-state index in [1.54, 1.807) is 0 Å². The van der Waals surface area contributed by atoms with Gasteiger partial charge in [0.05, 0.1) is 0 Å². The second-order valence-electron chi connectivity index (χ2n) is 2.83. The quantitative estimate of drug-likeness (QED) is 0.459. The van der Waals surface area contributed by atoms with Gasteiger partial charge in [0.1, 0.15) is 0 Å². The summed E-state index contributed by atoms with van der Waals surface area (Å²) in [7, 11) is 0. The van der Waals surface area contributed by atoms with Gasteiger partial charge >= 0.3 is 0 Å². The zero-order chi connectivity index (χ0) is 9.23. The van der Waals surface area contributed by atoms with Crippen LogP contribution in [0, 0.1) is 6.92 Å². The van der Waals surface area contributed by atoms with Crippen molar-refractivity contribution in [1.82, 2.24) is 0 Å². The number of rotatable bonds is 7. The Hall–Kier alpha value is -0.790. The van der Waals surface area contributed by atoms with Gasteiger partial charge in [-0.05, 0) is 19.3 Å². The molecule has 0 saturated heterocycles. The molecule has 0 bridgehead atoms. The molecule has 0 fully saturated rings. The first-order valence-corrected chi connectivity index (χ1v) is 4.50. The molecular weight excluding hydrogens is 150 g/mol. The highest BCUT2D eigenvalue weighted by Crippen LogP contribution is 2.00. The van der Waals surface area contributed by atoms with Crippen LogP contribution in [0.4, 0.5) is 0 Å². The number of nitrogens with two attached hydrogens (primary N) is 1. The van der Waals surface area contributed by atoms with Crippen molar-refractivity contribution in [3.8, 4) is 0 Å². The summed E-state index contributed by atoms with van der Waals surface area (Å²) in [6, 6.07) is 0. The first-order chi connectivity index (χ1) is 5.77. The zero-order valence-electron chi connectivity index (χ0n) is 7.59. The fourth-order valence-corrected chi connectivity index (χ4v) is 0.900. The van der Waals surface area contributed by atoms with Crippen LogP contribution in [0.3, 0.4) is 0 Å². The smallest absolute Gasteiger partial charge is 0.217 e. The van der Waals surface area contributed by atoms with E-state index in [-0.39, 0.29) is 5.91 Å². The summed E-state index contributed by atoms with van der Waals surface area (Å²) in [5.41, 5.74) is 4.97. The molecule has 0 aliphatic heterocycles. The molecule has 2 N–H and O–H groups in total. The average Bonchev–Trinajstić information content (AvgIpc) is 2.02. The Balaban J connectivity index is 3.09. The van der Waals surface area contributed by atoms with Crippen LogP contribution in [0.25, 0.3) is 0 Å². The third kappa shape index (κ3) is 9.21. The molecule has 0 spiro atoms. The van der Waals surface area contributed by atoms with Crippen LogP contribution >= 0.6 is 0 Å². The molecule has 0 saturated carbocycles. The number of hydrogen-bond acceptors (Lipinski definition) is 1. The number of carbonyl (C=O) groups excluding carboxylic acids is 1. The maximum absolute atomic E-state index is 10.3. The van der Waals surface area contributed by atoms with Crippen molar-refractivity contribution in [2.75, 3.05) is 0 Å². The summed E-state index contributed by atoms with van der Waals surface area (Å²) in [5.74, 6) is -0.225. The first-order valence-electron chi connectivity index (χ1n) is 4.50. The van der Waals surface area contributed by atoms with E-state index in [0.717, 1.165) is 19.3 Å². The van der Waals surface area contributed by atoms with Gasteiger partial charge in [-0.25, -0.2) is 0 Å². The van der Waals surface area contributed by atoms with Crippen molar-refractivity contribution in [3.63, 3.8) is 0 Å². The molecule has 0 aromatic rings. The first kappa shape index (κ1) is 11.2. The van der Waals surface area contributed by atoms with Crippen molar-refractivity contribution < 1.29 is 4.79 Å². The normalized spacial score (nSPS) is 10.8. The third-order valence-corrected chi connectivity index (χ3v) is 1.59.